The van der Waals surface area contributed by atoms with Gasteiger partial charge in [-0.3, -0.25) is 14.4 Å². The molecule has 0 bridgehead atoms. The minimum atomic E-state index is -0.405. The lowest BCUT2D eigenvalue weighted by atomic mass is 9.86. The molecule has 29 heavy (non-hydrogen) atoms. The number of hydrogen-bond donors (Lipinski definition) is 1. The van der Waals surface area contributed by atoms with E-state index in [0.717, 1.165) is 18.8 Å². The number of esters is 1. The van der Waals surface area contributed by atoms with Gasteiger partial charge in [0.1, 0.15) is 0 Å². The highest BCUT2D eigenvalue weighted by molar-refractivity contribution is 5.97. The van der Waals surface area contributed by atoms with Crippen molar-refractivity contribution in [2.24, 2.45) is 5.92 Å². The molecule has 1 aliphatic rings. The fourth-order valence-electron chi connectivity index (χ4n) is 3.85. The molecule has 0 atom stereocenters. The Bertz CT molecular complexity index is 679. The molecule has 1 aromatic rings. The van der Waals surface area contributed by atoms with Crippen molar-refractivity contribution in [2.75, 3.05) is 25.0 Å². The Hall–Kier alpha value is -2.37. The summed E-state index contributed by atoms with van der Waals surface area (Å²) in [5, 5.41) is 2.69. The average Bonchev–Trinajstić information content (AvgIpc) is 2.74. The number of nitrogens with zero attached hydrogens (tertiary/aromatic N) is 1. The summed E-state index contributed by atoms with van der Waals surface area (Å²) in [5.41, 5.74) is 1.03. The van der Waals surface area contributed by atoms with E-state index in [2.05, 4.69) is 5.32 Å². The number of anilines is 1. The first-order valence-electron chi connectivity index (χ1n) is 10.9. The van der Waals surface area contributed by atoms with Crippen LogP contribution in [0.15, 0.2) is 24.3 Å². The predicted molar refractivity (Wildman–Crippen MR) is 114 cm³/mol. The lowest BCUT2D eigenvalue weighted by Gasteiger charge is -2.20. The summed E-state index contributed by atoms with van der Waals surface area (Å²) in [5.74, 6) is -0.0684. The normalized spacial score (nSPS) is 14.3. The maximum Gasteiger partial charge on any atom is 0.306 e. The third-order valence-corrected chi connectivity index (χ3v) is 5.53. The zero-order valence-corrected chi connectivity index (χ0v) is 17.7. The van der Waals surface area contributed by atoms with Gasteiger partial charge in [0, 0.05) is 30.8 Å². The zero-order chi connectivity index (χ0) is 21.1. The monoisotopic (exact) mass is 402 g/mol. The predicted octanol–water partition coefficient (Wildman–Crippen LogP) is 4.40. The summed E-state index contributed by atoms with van der Waals surface area (Å²) >= 11 is 0. The van der Waals surface area contributed by atoms with Gasteiger partial charge in [-0.15, -0.1) is 0 Å². The first kappa shape index (κ1) is 22.9. The standard InChI is InChI=1S/C23H34N2O4/c1-3-25(4-2)23(28)19-13-9-14-20(16-19)24-21(26)17-29-22(27)15-8-12-18-10-6-5-7-11-18/h9,13-14,16,18H,3-8,10-12,15,17H2,1-2H3,(H,24,26). The summed E-state index contributed by atoms with van der Waals surface area (Å²) in [4.78, 5) is 38.1. The van der Waals surface area contributed by atoms with E-state index in [1.807, 2.05) is 13.8 Å². The summed E-state index contributed by atoms with van der Waals surface area (Å²) in [7, 11) is 0. The van der Waals surface area contributed by atoms with Crippen LogP contribution in [0.25, 0.3) is 0 Å². The highest BCUT2D eigenvalue weighted by Gasteiger charge is 2.15. The Labute approximate surface area is 174 Å². The first-order chi connectivity index (χ1) is 14.0. The van der Waals surface area contributed by atoms with Crippen molar-refractivity contribution in [3.8, 4) is 0 Å². The van der Waals surface area contributed by atoms with Crippen molar-refractivity contribution in [2.45, 2.75) is 65.2 Å². The summed E-state index contributed by atoms with van der Waals surface area (Å²) < 4.78 is 5.09. The molecule has 2 amide bonds. The molecule has 0 aromatic heterocycles. The Morgan fingerprint density at radius 3 is 2.52 bits per heavy atom. The minimum Gasteiger partial charge on any atom is -0.456 e. The van der Waals surface area contributed by atoms with E-state index in [0.29, 0.717) is 30.8 Å². The van der Waals surface area contributed by atoms with Crippen LogP contribution < -0.4 is 5.32 Å². The van der Waals surface area contributed by atoms with E-state index < -0.39 is 5.91 Å². The van der Waals surface area contributed by atoms with Gasteiger partial charge < -0.3 is 15.0 Å². The van der Waals surface area contributed by atoms with Crippen LogP contribution in [0.1, 0.15) is 75.6 Å². The summed E-state index contributed by atoms with van der Waals surface area (Å²) in [6.07, 6.45) is 8.72. The van der Waals surface area contributed by atoms with Gasteiger partial charge in [-0.2, -0.15) is 0 Å². The minimum absolute atomic E-state index is 0.0736. The van der Waals surface area contributed by atoms with Gasteiger partial charge in [0.15, 0.2) is 6.61 Å². The Morgan fingerprint density at radius 1 is 1.10 bits per heavy atom. The largest absolute Gasteiger partial charge is 0.456 e. The molecule has 0 radical (unpaired) electrons. The SMILES string of the molecule is CCN(CC)C(=O)c1cccc(NC(=O)COC(=O)CCCC2CCCCC2)c1. The van der Waals surface area contributed by atoms with Crippen LogP contribution in [0.5, 0.6) is 0 Å². The number of ether oxygens (including phenoxy) is 1. The molecule has 6 nitrogen and oxygen atoms in total. The first-order valence-corrected chi connectivity index (χ1v) is 10.9. The second-order valence-corrected chi connectivity index (χ2v) is 7.66. The molecular formula is C23H34N2O4. The van der Waals surface area contributed by atoms with Gasteiger partial charge in [0.2, 0.25) is 0 Å². The van der Waals surface area contributed by atoms with Gasteiger partial charge >= 0.3 is 5.97 Å². The second-order valence-electron chi connectivity index (χ2n) is 7.66. The van der Waals surface area contributed by atoms with E-state index in [-0.39, 0.29) is 18.5 Å². The quantitative estimate of drug-likeness (QED) is 0.589. The highest BCUT2D eigenvalue weighted by Crippen LogP contribution is 2.27. The van der Waals surface area contributed by atoms with Crippen LogP contribution in [-0.2, 0) is 14.3 Å². The number of amides is 2. The summed E-state index contributed by atoms with van der Waals surface area (Å²) in [6, 6.07) is 6.81. The average molecular weight is 403 g/mol. The Balaban J connectivity index is 1.72. The fraction of sp³-hybridized carbons (Fsp3) is 0.609. The number of benzene rings is 1. The molecule has 0 heterocycles. The molecule has 0 unspecified atom stereocenters. The van der Waals surface area contributed by atoms with Crippen LogP contribution in [0, 0.1) is 5.92 Å². The third kappa shape index (κ3) is 7.87. The van der Waals surface area contributed by atoms with Crippen LogP contribution >= 0.6 is 0 Å². The van der Waals surface area contributed by atoms with Crippen molar-refractivity contribution in [1.29, 1.82) is 0 Å². The number of carbonyl (C=O) groups excluding carboxylic acids is 3. The van der Waals surface area contributed by atoms with Crippen LogP contribution in [0.4, 0.5) is 5.69 Å². The molecule has 0 aliphatic heterocycles. The van der Waals surface area contributed by atoms with E-state index in [9.17, 15) is 14.4 Å². The topological polar surface area (TPSA) is 75.7 Å². The van der Waals surface area contributed by atoms with Gasteiger partial charge in [-0.25, -0.2) is 0 Å². The Morgan fingerprint density at radius 2 is 1.83 bits per heavy atom. The maximum atomic E-state index is 12.4. The Kier molecular flexibility index (Phi) is 9.68. The molecule has 160 valence electrons. The van der Waals surface area contributed by atoms with Crippen molar-refractivity contribution in [3.05, 3.63) is 29.8 Å². The molecule has 2 rings (SSSR count). The summed E-state index contributed by atoms with van der Waals surface area (Å²) in [6.45, 7) is 4.80. The molecule has 1 saturated carbocycles. The van der Waals surface area contributed by atoms with E-state index in [1.165, 1.54) is 32.1 Å². The smallest absolute Gasteiger partial charge is 0.306 e. The fourth-order valence-corrected chi connectivity index (χ4v) is 3.85. The molecule has 1 aromatic carbocycles. The zero-order valence-electron chi connectivity index (χ0n) is 17.7. The number of carbonyl (C=O) groups is 3. The lowest BCUT2D eigenvalue weighted by molar-refractivity contribution is -0.147. The molecule has 0 spiro atoms. The third-order valence-electron chi connectivity index (χ3n) is 5.53. The van der Waals surface area contributed by atoms with Crippen molar-refractivity contribution in [3.63, 3.8) is 0 Å². The van der Waals surface area contributed by atoms with Crippen molar-refractivity contribution in [1.82, 2.24) is 4.90 Å². The lowest BCUT2D eigenvalue weighted by Crippen LogP contribution is -2.30. The number of nitrogens with one attached hydrogen (secondary N) is 1. The van der Waals surface area contributed by atoms with Gasteiger partial charge in [0.25, 0.3) is 11.8 Å². The molecule has 1 N–H and O–H groups in total. The van der Waals surface area contributed by atoms with Crippen LogP contribution in [-0.4, -0.2) is 42.4 Å². The molecule has 1 aliphatic carbocycles. The maximum absolute atomic E-state index is 12.4. The van der Waals surface area contributed by atoms with Crippen LogP contribution in [0.2, 0.25) is 0 Å². The van der Waals surface area contributed by atoms with Gasteiger partial charge in [-0.1, -0.05) is 38.2 Å². The van der Waals surface area contributed by atoms with Gasteiger partial charge in [0.05, 0.1) is 0 Å². The number of rotatable bonds is 10. The second kappa shape index (κ2) is 12.2. The van der Waals surface area contributed by atoms with Crippen molar-refractivity contribution < 1.29 is 19.1 Å². The van der Waals surface area contributed by atoms with E-state index in [4.69, 9.17) is 4.74 Å². The van der Waals surface area contributed by atoms with Crippen molar-refractivity contribution >= 4 is 23.5 Å². The molecule has 6 heteroatoms. The van der Waals surface area contributed by atoms with E-state index >= 15 is 0 Å². The molecule has 0 saturated heterocycles. The van der Waals surface area contributed by atoms with Crippen LogP contribution in [0.3, 0.4) is 0 Å². The number of hydrogen-bond acceptors (Lipinski definition) is 4. The van der Waals surface area contributed by atoms with Gasteiger partial charge in [-0.05, 0) is 50.8 Å². The highest BCUT2D eigenvalue weighted by atomic mass is 16.5. The van der Waals surface area contributed by atoms with E-state index in [1.54, 1.807) is 29.2 Å². The molecular weight excluding hydrogens is 368 g/mol. The molecule has 1 fully saturated rings.